The van der Waals surface area contributed by atoms with Crippen molar-refractivity contribution in [2.24, 2.45) is 0 Å². The van der Waals surface area contributed by atoms with Gasteiger partial charge in [0, 0.05) is 30.3 Å². The van der Waals surface area contributed by atoms with Crippen molar-refractivity contribution < 1.29 is 22.6 Å². The lowest BCUT2D eigenvalue weighted by atomic mass is 9.89. The molecule has 150 valence electrons. The summed E-state index contributed by atoms with van der Waals surface area (Å²) in [6.45, 7) is 7.17. The van der Waals surface area contributed by atoms with Crippen molar-refractivity contribution in [1.82, 2.24) is 0 Å². The maximum absolute atomic E-state index is 14.8. The van der Waals surface area contributed by atoms with Crippen molar-refractivity contribution in [2.75, 3.05) is 19.8 Å². The zero-order chi connectivity index (χ0) is 20.1. The first-order chi connectivity index (χ1) is 13.5. The van der Waals surface area contributed by atoms with Gasteiger partial charge in [-0.15, -0.1) is 0 Å². The Morgan fingerprint density at radius 1 is 1.11 bits per heavy atom. The molecule has 5 heteroatoms. The molecule has 0 bridgehead atoms. The van der Waals surface area contributed by atoms with Crippen LogP contribution in [0, 0.1) is 17.5 Å². The molecule has 0 amide bonds. The summed E-state index contributed by atoms with van der Waals surface area (Å²) >= 11 is 0. The fourth-order valence-electron chi connectivity index (χ4n) is 3.60. The number of rotatable bonds is 7. The molecule has 1 aliphatic rings. The summed E-state index contributed by atoms with van der Waals surface area (Å²) in [5.41, 5.74) is 0.815. The first-order valence-electron chi connectivity index (χ1n) is 9.64. The Morgan fingerprint density at radius 3 is 2.54 bits per heavy atom. The van der Waals surface area contributed by atoms with Gasteiger partial charge in [-0.3, -0.25) is 0 Å². The molecule has 2 aromatic carbocycles. The second-order valence-corrected chi connectivity index (χ2v) is 6.99. The lowest BCUT2D eigenvalue weighted by Gasteiger charge is -2.29. The van der Waals surface area contributed by atoms with E-state index in [4.69, 9.17) is 9.47 Å². The molecular weight excluding hydrogens is 365 g/mol. The molecule has 2 nitrogen and oxygen atoms in total. The SMILES string of the molecule is C=Cc1ccc(-c2ccc(C3CCC(CCOCC)OC3)c(F)c2F)c(F)c1. The third-order valence-corrected chi connectivity index (χ3v) is 5.23. The van der Waals surface area contributed by atoms with E-state index in [2.05, 4.69) is 6.58 Å². The van der Waals surface area contributed by atoms with Crippen molar-refractivity contribution in [3.05, 3.63) is 65.5 Å². The van der Waals surface area contributed by atoms with Crippen molar-refractivity contribution >= 4 is 6.08 Å². The molecule has 1 heterocycles. The molecule has 1 aliphatic heterocycles. The second-order valence-electron chi connectivity index (χ2n) is 6.99. The van der Waals surface area contributed by atoms with Gasteiger partial charge in [0.15, 0.2) is 11.6 Å². The molecule has 1 saturated heterocycles. The smallest absolute Gasteiger partial charge is 0.167 e. The summed E-state index contributed by atoms with van der Waals surface area (Å²) in [6.07, 6.45) is 3.88. The van der Waals surface area contributed by atoms with Gasteiger partial charge in [0.1, 0.15) is 5.82 Å². The zero-order valence-electron chi connectivity index (χ0n) is 16.0. The third kappa shape index (κ3) is 4.47. The standard InChI is InChI=1S/C23H25F3O2/c1-3-15-5-8-19(21(24)13-15)20-10-9-18(22(25)23(20)26)16-6-7-17(28-14-16)11-12-27-4-2/h3,5,8-10,13,16-17H,1,4,6-7,11-12,14H2,2H3. The minimum absolute atomic E-state index is 0.0319. The van der Waals surface area contributed by atoms with E-state index >= 15 is 0 Å². The van der Waals surface area contributed by atoms with Gasteiger partial charge in [0.25, 0.3) is 0 Å². The van der Waals surface area contributed by atoms with Gasteiger partial charge in [-0.05, 0) is 43.4 Å². The number of halogens is 3. The molecule has 1 fully saturated rings. The second kappa shape index (κ2) is 9.39. The number of benzene rings is 2. The summed E-state index contributed by atoms with van der Waals surface area (Å²) in [4.78, 5) is 0. The van der Waals surface area contributed by atoms with E-state index in [0.717, 1.165) is 19.3 Å². The molecular formula is C23H25F3O2. The van der Waals surface area contributed by atoms with Crippen LogP contribution in [0.5, 0.6) is 0 Å². The van der Waals surface area contributed by atoms with Crippen LogP contribution in [0.1, 0.15) is 43.2 Å². The summed E-state index contributed by atoms with van der Waals surface area (Å²) < 4.78 is 54.9. The summed E-state index contributed by atoms with van der Waals surface area (Å²) in [7, 11) is 0. The van der Waals surface area contributed by atoms with E-state index in [1.165, 1.54) is 24.3 Å². The zero-order valence-corrected chi connectivity index (χ0v) is 16.0. The van der Waals surface area contributed by atoms with Crippen LogP contribution in [0.2, 0.25) is 0 Å². The van der Waals surface area contributed by atoms with Crippen LogP contribution >= 0.6 is 0 Å². The molecule has 2 atom stereocenters. The molecule has 2 aromatic rings. The van der Waals surface area contributed by atoms with Crippen molar-refractivity contribution in [1.29, 1.82) is 0 Å². The van der Waals surface area contributed by atoms with E-state index in [9.17, 15) is 13.2 Å². The lowest BCUT2D eigenvalue weighted by molar-refractivity contribution is -0.0168. The van der Waals surface area contributed by atoms with Crippen molar-refractivity contribution in [3.63, 3.8) is 0 Å². The molecule has 0 N–H and O–H groups in total. The molecule has 0 radical (unpaired) electrons. The quantitative estimate of drug-likeness (QED) is 0.532. The lowest BCUT2D eigenvalue weighted by Crippen LogP contribution is -2.26. The van der Waals surface area contributed by atoms with Crippen LogP contribution in [-0.2, 0) is 9.47 Å². The summed E-state index contributed by atoms with van der Waals surface area (Å²) in [6, 6.07) is 7.31. The minimum Gasteiger partial charge on any atom is -0.382 e. The van der Waals surface area contributed by atoms with E-state index in [1.807, 2.05) is 6.92 Å². The van der Waals surface area contributed by atoms with Crippen molar-refractivity contribution in [2.45, 2.75) is 38.2 Å². The van der Waals surface area contributed by atoms with Crippen molar-refractivity contribution in [3.8, 4) is 11.1 Å². The molecule has 0 aromatic heterocycles. The highest BCUT2D eigenvalue weighted by Crippen LogP contribution is 2.35. The molecule has 0 spiro atoms. The maximum Gasteiger partial charge on any atom is 0.167 e. The highest BCUT2D eigenvalue weighted by Gasteiger charge is 2.27. The number of hydrogen-bond donors (Lipinski definition) is 0. The van der Waals surface area contributed by atoms with E-state index in [-0.39, 0.29) is 28.7 Å². The van der Waals surface area contributed by atoms with Gasteiger partial charge < -0.3 is 9.47 Å². The van der Waals surface area contributed by atoms with Gasteiger partial charge in [-0.25, -0.2) is 13.2 Å². The maximum atomic E-state index is 14.8. The Balaban J connectivity index is 1.75. The minimum atomic E-state index is -1.03. The fourth-order valence-corrected chi connectivity index (χ4v) is 3.60. The monoisotopic (exact) mass is 390 g/mol. The van der Waals surface area contributed by atoms with Gasteiger partial charge in [0.05, 0.1) is 12.7 Å². The Morgan fingerprint density at radius 2 is 1.89 bits per heavy atom. The summed E-state index contributed by atoms with van der Waals surface area (Å²) in [5, 5.41) is 0. The number of hydrogen-bond acceptors (Lipinski definition) is 2. The average molecular weight is 390 g/mol. The topological polar surface area (TPSA) is 18.5 Å². The molecule has 0 saturated carbocycles. The van der Waals surface area contributed by atoms with E-state index in [0.29, 0.717) is 25.4 Å². The van der Waals surface area contributed by atoms with Crippen LogP contribution < -0.4 is 0 Å². The van der Waals surface area contributed by atoms with Gasteiger partial charge in [0.2, 0.25) is 0 Å². The Labute approximate surface area is 164 Å². The van der Waals surface area contributed by atoms with Crippen LogP contribution in [0.25, 0.3) is 17.2 Å². The largest absolute Gasteiger partial charge is 0.382 e. The molecule has 3 rings (SSSR count). The number of ether oxygens (including phenoxy) is 2. The first kappa shape index (κ1) is 20.6. The van der Waals surface area contributed by atoms with Crippen LogP contribution in [0.3, 0.4) is 0 Å². The Kier molecular flexibility index (Phi) is 6.92. The van der Waals surface area contributed by atoms with Gasteiger partial charge in [-0.1, -0.05) is 36.9 Å². The van der Waals surface area contributed by atoms with Gasteiger partial charge >= 0.3 is 0 Å². The predicted molar refractivity (Wildman–Crippen MR) is 105 cm³/mol. The van der Waals surface area contributed by atoms with E-state index < -0.39 is 17.5 Å². The molecule has 0 aliphatic carbocycles. The Hall–Kier alpha value is -2.11. The molecule has 28 heavy (non-hydrogen) atoms. The van der Waals surface area contributed by atoms with Crippen LogP contribution in [0.15, 0.2) is 36.9 Å². The molecule has 2 unspecified atom stereocenters. The van der Waals surface area contributed by atoms with Crippen LogP contribution in [-0.4, -0.2) is 25.9 Å². The van der Waals surface area contributed by atoms with Crippen LogP contribution in [0.4, 0.5) is 13.2 Å². The van der Waals surface area contributed by atoms with Gasteiger partial charge in [-0.2, -0.15) is 0 Å². The fraction of sp³-hybridized carbons (Fsp3) is 0.391. The normalized spacial score (nSPS) is 19.6. The Bertz CT molecular complexity index is 827. The third-order valence-electron chi connectivity index (χ3n) is 5.23. The van der Waals surface area contributed by atoms with E-state index in [1.54, 1.807) is 12.1 Å². The predicted octanol–water partition coefficient (Wildman–Crippen LogP) is 6.10. The summed E-state index contributed by atoms with van der Waals surface area (Å²) in [5.74, 6) is -2.77. The highest BCUT2D eigenvalue weighted by molar-refractivity contribution is 5.67. The average Bonchev–Trinajstić information content (AvgIpc) is 2.71. The first-order valence-corrected chi connectivity index (χ1v) is 9.64. The highest BCUT2D eigenvalue weighted by atomic mass is 19.2.